The van der Waals surface area contributed by atoms with Crippen molar-refractivity contribution in [1.29, 1.82) is 0 Å². The van der Waals surface area contributed by atoms with Gasteiger partial charge in [0.1, 0.15) is 16.5 Å². The van der Waals surface area contributed by atoms with Crippen molar-refractivity contribution in [2.75, 3.05) is 6.54 Å². The monoisotopic (exact) mass is 375 g/mol. The van der Waals surface area contributed by atoms with Gasteiger partial charge in [-0.1, -0.05) is 0 Å². The summed E-state index contributed by atoms with van der Waals surface area (Å²) in [6.07, 6.45) is 1.64. The maximum atomic E-state index is 13.0. The largest absolute Gasteiger partial charge is 0.390 e. The minimum atomic E-state index is -0.423. The summed E-state index contributed by atoms with van der Waals surface area (Å²) in [4.78, 5) is 23.8. The number of nitrogens with two attached hydrogens (primary N) is 1. The van der Waals surface area contributed by atoms with Gasteiger partial charge >= 0.3 is 0 Å². The van der Waals surface area contributed by atoms with Crippen LogP contribution in [0.3, 0.4) is 0 Å². The van der Waals surface area contributed by atoms with Gasteiger partial charge < -0.3 is 21.1 Å². The zero-order chi connectivity index (χ0) is 18.5. The van der Waals surface area contributed by atoms with Crippen molar-refractivity contribution < 1.29 is 14.3 Å². The molecule has 0 saturated carbocycles. The molecule has 0 bridgehead atoms. The van der Waals surface area contributed by atoms with Gasteiger partial charge in [-0.2, -0.15) is 0 Å². The molecule has 7 nitrogen and oxygen atoms in total. The van der Waals surface area contributed by atoms with Crippen LogP contribution < -0.4 is 11.1 Å². The molecule has 1 unspecified atom stereocenters. The first-order valence-corrected chi connectivity index (χ1v) is 8.85. The average Bonchev–Trinajstić information content (AvgIpc) is 3.31. The number of hydrogen-bond acceptors (Lipinski definition) is 6. The van der Waals surface area contributed by atoms with E-state index in [1.807, 2.05) is 0 Å². The van der Waals surface area contributed by atoms with Crippen molar-refractivity contribution in [3.05, 3.63) is 58.1 Å². The lowest BCUT2D eigenvalue weighted by atomic mass is 10.2. The molecule has 0 aliphatic rings. The van der Waals surface area contributed by atoms with Gasteiger partial charge in [0.05, 0.1) is 35.9 Å². The van der Waals surface area contributed by atoms with E-state index >= 15 is 0 Å². The SMILES string of the molecule is NCCC(NC(=O)c1ccc(-c2ccc(F)cn2)[nH]1)c1nc(CO)cs1. The number of nitrogens with one attached hydrogen (secondary N) is 2. The van der Waals surface area contributed by atoms with Crippen LogP contribution in [0.25, 0.3) is 11.4 Å². The van der Waals surface area contributed by atoms with E-state index in [1.54, 1.807) is 17.5 Å². The maximum Gasteiger partial charge on any atom is 0.268 e. The van der Waals surface area contributed by atoms with E-state index in [2.05, 4.69) is 20.3 Å². The Morgan fingerprint density at radius 2 is 2.23 bits per heavy atom. The lowest BCUT2D eigenvalue weighted by Gasteiger charge is -2.15. The Bertz CT molecular complexity index is 877. The predicted molar refractivity (Wildman–Crippen MR) is 95.9 cm³/mol. The van der Waals surface area contributed by atoms with Gasteiger partial charge in [0.2, 0.25) is 0 Å². The van der Waals surface area contributed by atoms with Gasteiger partial charge in [0.25, 0.3) is 5.91 Å². The van der Waals surface area contributed by atoms with E-state index in [9.17, 15) is 9.18 Å². The third kappa shape index (κ3) is 4.13. The fourth-order valence-electron chi connectivity index (χ4n) is 2.43. The molecule has 1 amide bonds. The Kier molecular flexibility index (Phi) is 5.71. The fourth-order valence-corrected chi connectivity index (χ4v) is 3.32. The normalized spacial score (nSPS) is 12.1. The molecule has 3 heterocycles. The Hall–Kier alpha value is -2.62. The Balaban J connectivity index is 1.74. The number of aliphatic hydroxyl groups excluding tert-OH is 1. The lowest BCUT2D eigenvalue weighted by Crippen LogP contribution is -2.30. The third-order valence-electron chi connectivity index (χ3n) is 3.72. The molecule has 0 aliphatic carbocycles. The molecule has 26 heavy (non-hydrogen) atoms. The number of hydrogen-bond donors (Lipinski definition) is 4. The quantitative estimate of drug-likeness (QED) is 0.504. The number of aromatic nitrogens is 3. The number of amides is 1. The standard InChI is InChI=1S/C17H18FN5O2S/c18-10-1-2-12(20-7-10)13-3-4-14(22-13)16(25)23-15(5-6-19)17-21-11(8-24)9-26-17/h1-4,7,9,15,22,24H,5-6,8,19H2,(H,23,25). The summed E-state index contributed by atoms with van der Waals surface area (Å²) in [5.74, 6) is -0.730. The summed E-state index contributed by atoms with van der Waals surface area (Å²) in [6.45, 7) is 0.235. The molecule has 3 aromatic rings. The van der Waals surface area contributed by atoms with Gasteiger partial charge in [-0.3, -0.25) is 9.78 Å². The molecule has 0 aromatic carbocycles. The first-order valence-electron chi connectivity index (χ1n) is 7.97. The maximum absolute atomic E-state index is 13.0. The summed E-state index contributed by atoms with van der Waals surface area (Å²) < 4.78 is 13.0. The van der Waals surface area contributed by atoms with Crippen molar-refractivity contribution in [3.63, 3.8) is 0 Å². The second kappa shape index (κ2) is 8.17. The molecule has 0 aliphatic heterocycles. The number of carbonyl (C=O) groups excluding carboxylic acids is 1. The average molecular weight is 375 g/mol. The highest BCUT2D eigenvalue weighted by Crippen LogP contribution is 2.22. The van der Waals surface area contributed by atoms with Gasteiger partial charge in [0, 0.05) is 5.38 Å². The highest BCUT2D eigenvalue weighted by Gasteiger charge is 2.19. The number of rotatable bonds is 7. The van der Waals surface area contributed by atoms with Crippen molar-refractivity contribution in [2.45, 2.75) is 19.1 Å². The number of nitrogens with zero attached hydrogens (tertiary/aromatic N) is 2. The van der Waals surface area contributed by atoms with E-state index in [4.69, 9.17) is 10.8 Å². The Labute approximate surface area is 153 Å². The Morgan fingerprint density at radius 3 is 2.88 bits per heavy atom. The number of carbonyl (C=O) groups is 1. The van der Waals surface area contributed by atoms with Crippen molar-refractivity contribution >= 4 is 17.2 Å². The second-order valence-electron chi connectivity index (χ2n) is 5.59. The summed E-state index contributed by atoms with van der Waals surface area (Å²) in [5, 5.41) is 14.5. The summed E-state index contributed by atoms with van der Waals surface area (Å²) in [7, 11) is 0. The number of pyridine rings is 1. The summed E-state index contributed by atoms with van der Waals surface area (Å²) in [6, 6.07) is 5.85. The van der Waals surface area contributed by atoms with Gasteiger partial charge in [-0.05, 0) is 37.2 Å². The van der Waals surface area contributed by atoms with Crippen LogP contribution in [0.2, 0.25) is 0 Å². The zero-order valence-electron chi connectivity index (χ0n) is 13.8. The van der Waals surface area contributed by atoms with Crippen LogP contribution in [-0.2, 0) is 6.61 Å². The number of halogens is 1. The van der Waals surface area contributed by atoms with Crippen LogP contribution >= 0.6 is 11.3 Å². The molecule has 9 heteroatoms. The number of H-pyrrole nitrogens is 1. The molecule has 3 aromatic heterocycles. The van der Waals surface area contributed by atoms with Crippen molar-refractivity contribution in [2.24, 2.45) is 5.73 Å². The summed E-state index contributed by atoms with van der Waals surface area (Å²) >= 11 is 1.37. The fraction of sp³-hybridized carbons (Fsp3) is 0.235. The molecule has 136 valence electrons. The molecule has 5 N–H and O–H groups in total. The highest BCUT2D eigenvalue weighted by atomic mass is 32.1. The molecule has 0 saturated heterocycles. The van der Waals surface area contributed by atoms with E-state index in [1.165, 1.54) is 23.5 Å². The lowest BCUT2D eigenvalue weighted by molar-refractivity contribution is 0.0930. The van der Waals surface area contributed by atoms with Crippen LogP contribution in [0, 0.1) is 5.82 Å². The van der Waals surface area contributed by atoms with Crippen LogP contribution in [0.15, 0.2) is 35.8 Å². The van der Waals surface area contributed by atoms with Gasteiger partial charge in [-0.25, -0.2) is 9.37 Å². The smallest absolute Gasteiger partial charge is 0.268 e. The molecule has 3 rings (SSSR count). The minimum Gasteiger partial charge on any atom is -0.390 e. The van der Waals surface area contributed by atoms with Crippen LogP contribution in [-0.4, -0.2) is 32.5 Å². The topological polar surface area (TPSA) is 117 Å². The molecular formula is C17H18FN5O2S. The van der Waals surface area contributed by atoms with E-state index < -0.39 is 5.82 Å². The first-order chi connectivity index (χ1) is 12.6. The number of aliphatic hydroxyl groups is 1. The second-order valence-corrected chi connectivity index (χ2v) is 6.48. The minimum absolute atomic E-state index is 0.148. The van der Waals surface area contributed by atoms with E-state index in [0.717, 1.165) is 6.20 Å². The number of aromatic amines is 1. The molecular weight excluding hydrogens is 357 g/mol. The third-order valence-corrected chi connectivity index (χ3v) is 4.73. The van der Waals surface area contributed by atoms with Crippen LogP contribution in [0.4, 0.5) is 4.39 Å². The molecule has 0 spiro atoms. The molecule has 0 radical (unpaired) electrons. The molecule has 0 fully saturated rings. The Morgan fingerprint density at radius 1 is 1.38 bits per heavy atom. The zero-order valence-corrected chi connectivity index (χ0v) is 14.6. The van der Waals surface area contributed by atoms with Gasteiger partial charge in [-0.15, -0.1) is 11.3 Å². The first kappa shape index (κ1) is 18.2. The number of thiazole rings is 1. The van der Waals surface area contributed by atoms with E-state index in [-0.39, 0.29) is 18.6 Å². The predicted octanol–water partition coefficient (Wildman–Crippen LogP) is 1.98. The van der Waals surface area contributed by atoms with Crippen molar-refractivity contribution in [3.8, 4) is 11.4 Å². The van der Waals surface area contributed by atoms with Gasteiger partial charge in [0.15, 0.2) is 0 Å². The van der Waals surface area contributed by atoms with E-state index in [0.29, 0.717) is 40.7 Å². The van der Waals surface area contributed by atoms with Crippen LogP contribution in [0.5, 0.6) is 0 Å². The highest BCUT2D eigenvalue weighted by molar-refractivity contribution is 7.09. The van der Waals surface area contributed by atoms with Crippen LogP contribution in [0.1, 0.15) is 33.7 Å². The molecule has 1 atom stereocenters. The van der Waals surface area contributed by atoms with Crippen molar-refractivity contribution in [1.82, 2.24) is 20.3 Å². The summed E-state index contributed by atoms with van der Waals surface area (Å²) in [5.41, 5.74) is 7.71.